The molecule has 2 rings (SSSR count). The van der Waals surface area contributed by atoms with Crippen molar-refractivity contribution >= 4 is 17.2 Å². The quantitative estimate of drug-likeness (QED) is 0.795. The lowest BCUT2D eigenvalue weighted by Gasteiger charge is -2.35. The summed E-state index contributed by atoms with van der Waals surface area (Å²) in [7, 11) is 0. The third kappa shape index (κ3) is 3.34. The summed E-state index contributed by atoms with van der Waals surface area (Å²) in [5.41, 5.74) is -0.00517. The topological polar surface area (TPSA) is 42.4 Å². The molecule has 5 heteroatoms. The van der Waals surface area contributed by atoms with Crippen molar-refractivity contribution in [2.75, 3.05) is 13.1 Å². The molecule has 0 aliphatic carbocycles. The number of hydrogen-bond acceptors (Lipinski definition) is 4. The third-order valence-corrected chi connectivity index (χ3v) is 4.48. The van der Waals surface area contributed by atoms with E-state index in [1.165, 1.54) is 11.3 Å². The van der Waals surface area contributed by atoms with Crippen LogP contribution < -0.4 is 0 Å². The van der Waals surface area contributed by atoms with Gasteiger partial charge in [0, 0.05) is 18.5 Å². The Hall–Kier alpha value is -0.940. The molecule has 1 aliphatic heterocycles. The van der Waals surface area contributed by atoms with Crippen molar-refractivity contribution in [3.05, 3.63) is 16.1 Å². The molecule has 106 valence electrons. The van der Waals surface area contributed by atoms with E-state index in [2.05, 4.69) is 25.8 Å². The first-order chi connectivity index (χ1) is 8.77. The molecule has 1 fully saturated rings. The highest BCUT2D eigenvalue weighted by Crippen LogP contribution is 2.28. The predicted molar refractivity (Wildman–Crippen MR) is 76.7 cm³/mol. The lowest BCUT2D eigenvalue weighted by molar-refractivity contribution is -0.0585. The van der Waals surface area contributed by atoms with Gasteiger partial charge in [0.05, 0.1) is 23.4 Å². The minimum atomic E-state index is -0.00517. The fourth-order valence-electron chi connectivity index (χ4n) is 2.22. The Balaban J connectivity index is 2.13. The van der Waals surface area contributed by atoms with Crippen LogP contribution in [0.25, 0.3) is 0 Å². The molecule has 4 nitrogen and oxygen atoms in total. The van der Waals surface area contributed by atoms with Crippen LogP contribution in [0.5, 0.6) is 0 Å². The van der Waals surface area contributed by atoms with Crippen molar-refractivity contribution in [1.29, 1.82) is 0 Å². The fraction of sp³-hybridized carbons (Fsp3) is 0.714. The smallest absolute Gasteiger partial charge is 0.265 e. The average Bonchev–Trinajstić information content (AvgIpc) is 2.75. The zero-order valence-corrected chi connectivity index (χ0v) is 13.1. The summed E-state index contributed by atoms with van der Waals surface area (Å²) in [6.07, 6.45) is 1.91. The highest BCUT2D eigenvalue weighted by molar-refractivity contribution is 7.13. The van der Waals surface area contributed by atoms with Crippen molar-refractivity contribution in [3.63, 3.8) is 0 Å². The molecule has 0 bridgehead atoms. The highest BCUT2D eigenvalue weighted by atomic mass is 32.1. The summed E-state index contributed by atoms with van der Waals surface area (Å²) >= 11 is 1.50. The molecular formula is C14H22N2O2S. The molecule has 2 atom stereocenters. The van der Waals surface area contributed by atoms with Crippen molar-refractivity contribution in [2.24, 2.45) is 0 Å². The van der Waals surface area contributed by atoms with Crippen LogP contribution in [0.1, 0.15) is 49.3 Å². The van der Waals surface area contributed by atoms with Gasteiger partial charge < -0.3 is 9.64 Å². The number of morpholine rings is 1. The molecule has 2 unspecified atom stereocenters. The first-order valence-electron chi connectivity index (χ1n) is 6.68. The molecule has 1 aromatic rings. The van der Waals surface area contributed by atoms with Gasteiger partial charge in [0.1, 0.15) is 4.88 Å². The van der Waals surface area contributed by atoms with Crippen molar-refractivity contribution in [2.45, 2.75) is 52.2 Å². The Morgan fingerprint density at radius 2 is 1.95 bits per heavy atom. The zero-order valence-electron chi connectivity index (χ0n) is 12.3. The number of ether oxygens (including phenoxy) is 1. The van der Waals surface area contributed by atoms with Crippen LogP contribution in [-0.4, -0.2) is 41.1 Å². The second kappa shape index (κ2) is 5.21. The number of amides is 1. The maximum Gasteiger partial charge on any atom is 0.265 e. The van der Waals surface area contributed by atoms with Crippen LogP contribution in [-0.2, 0) is 10.2 Å². The summed E-state index contributed by atoms with van der Waals surface area (Å²) in [5.74, 6) is 0.0787. The van der Waals surface area contributed by atoms with Gasteiger partial charge in [-0.05, 0) is 13.8 Å². The summed E-state index contributed by atoms with van der Waals surface area (Å²) in [6.45, 7) is 11.7. The highest BCUT2D eigenvalue weighted by Gasteiger charge is 2.28. The second-order valence-electron chi connectivity index (χ2n) is 6.25. The van der Waals surface area contributed by atoms with E-state index in [0.717, 1.165) is 9.88 Å². The number of carbonyl (C=O) groups is 1. The third-order valence-electron chi connectivity index (χ3n) is 3.06. The average molecular weight is 282 g/mol. The molecule has 0 saturated carbocycles. The van der Waals surface area contributed by atoms with E-state index in [9.17, 15) is 4.79 Å². The molecule has 0 N–H and O–H groups in total. The number of nitrogens with zero attached hydrogens (tertiary/aromatic N) is 2. The lowest BCUT2D eigenvalue weighted by Crippen LogP contribution is -2.48. The van der Waals surface area contributed by atoms with Gasteiger partial charge in [0.25, 0.3) is 5.91 Å². The Kier molecular flexibility index (Phi) is 3.97. The van der Waals surface area contributed by atoms with E-state index in [1.807, 2.05) is 18.7 Å². The fourth-order valence-corrected chi connectivity index (χ4v) is 3.16. The first-order valence-corrected chi connectivity index (χ1v) is 7.50. The van der Waals surface area contributed by atoms with Gasteiger partial charge in [-0.15, -0.1) is 11.3 Å². The van der Waals surface area contributed by atoms with Gasteiger partial charge in [-0.3, -0.25) is 4.79 Å². The predicted octanol–water partition coefficient (Wildman–Crippen LogP) is 2.69. The van der Waals surface area contributed by atoms with Gasteiger partial charge >= 0.3 is 0 Å². The zero-order chi connectivity index (χ0) is 14.2. The number of carbonyl (C=O) groups excluding carboxylic acids is 1. The van der Waals surface area contributed by atoms with E-state index in [4.69, 9.17) is 4.74 Å². The van der Waals surface area contributed by atoms with Gasteiger partial charge in [0.15, 0.2) is 0 Å². The summed E-state index contributed by atoms with van der Waals surface area (Å²) < 4.78 is 5.66. The van der Waals surface area contributed by atoms with Crippen LogP contribution in [0.15, 0.2) is 6.20 Å². The van der Waals surface area contributed by atoms with E-state index >= 15 is 0 Å². The molecule has 0 spiro atoms. The SMILES string of the molecule is CC1CN(C(=O)c2cnc(C(C)(C)C)s2)CC(C)O1. The number of thiazole rings is 1. The van der Waals surface area contributed by atoms with Gasteiger partial charge in [-0.2, -0.15) is 0 Å². The van der Waals surface area contributed by atoms with Crippen LogP contribution in [0.2, 0.25) is 0 Å². The lowest BCUT2D eigenvalue weighted by atomic mass is 9.98. The number of hydrogen-bond donors (Lipinski definition) is 0. The maximum atomic E-state index is 12.5. The molecular weight excluding hydrogens is 260 g/mol. The summed E-state index contributed by atoms with van der Waals surface area (Å²) in [6, 6.07) is 0. The van der Waals surface area contributed by atoms with Gasteiger partial charge in [-0.25, -0.2) is 4.98 Å². The molecule has 1 aliphatic rings. The first kappa shape index (κ1) is 14.5. The minimum Gasteiger partial charge on any atom is -0.372 e. The molecule has 0 aromatic carbocycles. The van der Waals surface area contributed by atoms with E-state index in [-0.39, 0.29) is 23.5 Å². The monoisotopic (exact) mass is 282 g/mol. The Labute approximate surface area is 118 Å². The largest absolute Gasteiger partial charge is 0.372 e. The molecule has 1 aromatic heterocycles. The maximum absolute atomic E-state index is 12.5. The normalized spacial score (nSPS) is 24.6. The molecule has 1 amide bonds. The van der Waals surface area contributed by atoms with Crippen LogP contribution >= 0.6 is 11.3 Å². The van der Waals surface area contributed by atoms with Gasteiger partial charge in [0.2, 0.25) is 0 Å². The summed E-state index contributed by atoms with van der Waals surface area (Å²) in [5, 5.41) is 1.00. The van der Waals surface area contributed by atoms with Crippen molar-refractivity contribution < 1.29 is 9.53 Å². The van der Waals surface area contributed by atoms with Gasteiger partial charge in [-0.1, -0.05) is 20.8 Å². The molecule has 2 heterocycles. The van der Waals surface area contributed by atoms with E-state index in [0.29, 0.717) is 13.1 Å². The number of rotatable bonds is 1. The Morgan fingerprint density at radius 1 is 1.37 bits per heavy atom. The van der Waals surface area contributed by atoms with Crippen LogP contribution in [0.4, 0.5) is 0 Å². The second-order valence-corrected chi connectivity index (χ2v) is 7.28. The van der Waals surface area contributed by atoms with Crippen LogP contribution in [0, 0.1) is 0 Å². The van der Waals surface area contributed by atoms with E-state index in [1.54, 1.807) is 6.20 Å². The standard InChI is InChI=1S/C14H22N2O2S/c1-9-7-16(8-10(2)18-9)12(17)11-6-15-13(19-11)14(3,4)5/h6,9-10H,7-8H2,1-5H3. The van der Waals surface area contributed by atoms with Crippen LogP contribution in [0.3, 0.4) is 0 Å². The molecule has 19 heavy (non-hydrogen) atoms. The Bertz CT molecular complexity index is 454. The van der Waals surface area contributed by atoms with E-state index < -0.39 is 0 Å². The minimum absolute atomic E-state index is 0.00517. The Morgan fingerprint density at radius 3 is 2.42 bits per heavy atom. The molecule has 0 radical (unpaired) electrons. The van der Waals surface area contributed by atoms with Crippen molar-refractivity contribution in [3.8, 4) is 0 Å². The molecule has 1 saturated heterocycles. The summed E-state index contributed by atoms with van der Waals surface area (Å²) in [4.78, 5) is 19.5. The number of aromatic nitrogens is 1. The van der Waals surface area contributed by atoms with Crippen molar-refractivity contribution in [1.82, 2.24) is 9.88 Å².